The van der Waals surface area contributed by atoms with Crippen LogP contribution < -0.4 is 25.1 Å². The lowest BCUT2D eigenvalue weighted by Crippen LogP contribution is -2.30. The van der Waals surface area contributed by atoms with E-state index in [1.807, 2.05) is 12.1 Å². The molecule has 0 aliphatic rings. The number of hydrogen-bond acceptors (Lipinski definition) is 8. The van der Waals surface area contributed by atoms with Gasteiger partial charge in [-0.25, -0.2) is 4.68 Å². The number of carbonyl (C=O) groups excluding carboxylic acids is 1. The smallest absolute Gasteiger partial charge is 0.297 e. The van der Waals surface area contributed by atoms with Gasteiger partial charge in [0.15, 0.2) is 5.52 Å². The third-order valence-corrected chi connectivity index (χ3v) is 5.08. The summed E-state index contributed by atoms with van der Waals surface area (Å²) < 4.78 is 22.1. The quantitative estimate of drug-likeness (QED) is 0.457. The van der Waals surface area contributed by atoms with Crippen LogP contribution in [0.3, 0.4) is 0 Å². The summed E-state index contributed by atoms with van der Waals surface area (Å²) in [6.45, 7) is 1.36. The number of hydrogen-bond donors (Lipinski definition) is 1. The van der Waals surface area contributed by atoms with Crippen LogP contribution in [0.15, 0.2) is 51.8 Å². The van der Waals surface area contributed by atoms with Crippen molar-refractivity contribution in [1.29, 1.82) is 0 Å². The van der Waals surface area contributed by atoms with E-state index >= 15 is 0 Å². The van der Waals surface area contributed by atoms with Crippen LogP contribution in [0, 0.1) is 6.92 Å². The normalized spacial score (nSPS) is 10.8. The highest BCUT2D eigenvalue weighted by Gasteiger charge is 2.20. The highest BCUT2D eigenvalue weighted by molar-refractivity contribution is 5.94. The maximum atomic E-state index is 13.0. The Hall–Kier alpha value is -4.34. The SMILES string of the molecule is COc1cccc(-c2nn(CC(=O)Nc3ccc(OC)cc3OC)c(=O)c3noc(C)c23)c1. The topological polar surface area (TPSA) is 118 Å². The average Bonchev–Trinajstić information content (AvgIpc) is 3.23. The Labute approximate surface area is 188 Å². The molecule has 170 valence electrons. The van der Waals surface area contributed by atoms with Gasteiger partial charge in [0.05, 0.1) is 32.4 Å². The van der Waals surface area contributed by atoms with Gasteiger partial charge in [0, 0.05) is 11.6 Å². The molecule has 0 aliphatic carbocycles. The lowest BCUT2D eigenvalue weighted by atomic mass is 10.1. The van der Waals surface area contributed by atoms with Gasteiger partial charge in [0.2, 0.25) is 5.91 Å². The van der Waals surface area contributed by atoms with Crippen LogP contribution >= 0.6 is 0 Å². The molecule has 0 saturated heterocycles. The number of anilines is 1. The number of nitrogens with zero attached hydrogens (tertiary/aromatic N) is 3. The van der Waals surface area contributed by atoms with E-state index in [9.17, 15) is 9.59 Å². The average molecular weight is 450 g/mol. The minimum absolute atomic E-state index is 0.0927. The minimum atomic E-state index is -0.537. The Morgan fingerprint density at radius 3 is 2.55 bits per heavy atom. The van der Waals surface area contributed by atoms with Crippen molar-refractivity contribution in [3.8, 4) is 28.5 Å². The fourth-order valence-corrected chi connectivity index (χ4v) is 3.44. The summed E-state index contributed by atoms with van der Waals surface area (Å²) in [7, 11) is 4.58. The van der Waals surface area contributed by atoms with Gasteiger partial charge in [0.1, 0.15) is 35.2 Å². The number of methoxy groups -OCH3 is 3. The zero-order valence-electron chi connectivity index (χ0n) is 18.5. The maximum Gasteiger partial charge on any atom is 0.297 e. The van der Waals surface area contributed by atoms with E-state index in [1.165, 1.54) is 14.2 Å². The second-order valence-corrected chi connectivity index (χ2v) is 7.12. The first-order valence-electron chi connectivity index (χ1n) is 9.98. The second-order valence-electron chi connectivity index (χ2n) is 7.12. The van der Waals surface area contributed by atoms with E-state index in [0.717, 1.165) is 4.68 Å². The van der Waals surface area contributed by atoms with Crippen molar-refractivity contribution in [2.24, 2.45) is 0 Å². The highest BCUT2D eigenvalue weighted by Crippen LogP contribution is 2.30. The van der Waals surface area contributed by atoms with Crippen LogP contribution in [0.5, 0.6) is 17.2 Å². The lowest BCUT2D eigenvalue weighted by molar-refractivity contribution is -0.117. The van der Waals surface area contributed by atoms with Crippen molar-refractivity contribution in [2.75, 3.05) is 26.6 Å². The van der Waals surface area contributed by atoms with Crippen molar-refractivity contribution < 1.29 is 23.5 Å². The number of aromatic nitrogens is 3. The Morgan fingerprint density at radius 2 is 1.82 bits per heavy atom. The van der Waals surface area contributed by atoms with Crippen molar-refractivity contribution in [3.63, 3.8) is 0 Å². The number of benzene rings is 2. The zero-order chi connectivity index (χ0) is 23.5. The number of fused-ring (bicyclic) bond motifs is 1. The van der Waals surface area contributed by atoms with Crippen LogP contribution in [0.2, 0.25) is 0 Å². The van der Waals surface area contributed by atoms with E-state index < -0.39 is 11.5 Å². The standard InChI is InChI=1S/C23H22N4O6/c1-13-20-21(14-6-5-7-15(10-14)30-2)25-27(23(29)22(20)26-33-13)12-19(28)24-17-9-8-16(31-3)11-18(17)32-4/h5-11H,12H2,1-4H3,(H,24,28). The number of aryl methyl sites for hydroxylation is 1. The van der Waals surface area contributed by atoms with Crippen molar-refractivity contribution in [1.82, 2.24) is 14.9 Å². The molecule has 0 spiro atoms. The van der Waals surface area contributed by atoms with Crippen LogP contribution in [0.1, 0.15) is 5.76 Å². The van der Waals surface area contributed by atoms with Gasteiger partial charge in [-0.3, -0.25) is 9.59 Å². The fourth-order valence-electron chi connectivity index (χ4n) is 3.44. The Kier molecular flexibility index (Phi) is 5.99. The number of ether oxygens (including phenoxy) is 3. The predicted molar refractivity (Wildman–Crippen MR) is 121 cm³/mol. The summed E-state index contributed by atoms with van der Waals surface area (Å²) in [6.07, 6.45) is 0. The summed E-state index contributed by atoms with van der Waals surface area (Å²) in [6, 6.07) is 12.2. The third-order valence-electron chi connectivity index (χ3n) is 5.08. The first kappa shape index (κ1) is 21.9. The van der Waals surface area contributed by atoms with Gasteiger partial charge in [-0.1, -0.05) is 17.3 Å². The molecular weight excluding hydrogens is 428 g/mol. The maximum absolute atomic E-state index is 13.0. The van der Waals surface area contributed by atoms with E-state index in [-0.39, 0.29) is 12.1 Å². The second kappa shape index (κ2) is 9.03. The van der Waals surface area contributed by atoms with E-state index in [2.05, 4.69) is 15.6 Å². The molecule has 0 fully saturated rings. The van der Waals surface area contributed by atoms with Gasteiger partial charge in [-0.15, -0.1) is 0 Å². The van der Waals surface area contributed by atoms with Crippen molar-refractivity contribution >= 4 is 22.5 Å². The molecule has 2 aromatic heterocycles. The Morgan fingerprint density at radius 1 is 1.06 bits per heavy atom. The van der Waals surface area contributed by atoms with Gasteiger partial charge in [-0.2, -0.15) is 5.10 Å². The van der Waals surface area contributed by atoms with Crippen LogP contribution in [-0.2, 0) is 11.3 Å². The molecule has 0 unspecified atom stereocenters. The van der Waals surface area contributed by atoms with Gasteiger partial charge < -0.3 is 24.1 Å². The van der Waals surface area contributed by atoms with E-state index in [0.29, 0.717) is 45.3 Å². The molecule has 0 radical (unpaired) electrons. The molecule has 1 N–H and O–H groups in total. The minimum Gasteiger partial charge on any atom is -0.497 e. The lowest BCUT2D eigenvalue weighted by Gasteiger charge is -2.13. The van der Waals surface area contributed by atoms with Crippen molar-refractivity contribution in [3.05, 3.63) is 58.6 Å². The first-order valence-corrected chi connectivity index (χ1v) is 9.98. The van der Waals surface area contributed by atoms with Crippen LogP contribution in [0.4, 0.5) is 5.69 Å². The molecule has 2 aromatic carbocycles. The molecule has 1 amide bonds. The number of rotatable bonds is 7. The van der Waals surface area contributed by atoms with Crippen LogP contribution in [-0.4, -0.2) is 42.2 Å². The fraction of sp³-hybridized carbons (Fsp3) is 0.217. The summed E-state index contributed by atoms with van der Waals surface area (Å²) in [5.74, 6) is 1.61. The van der Waals surface area contributed by atoms with Gasteiger partial charge in [0.25, 0.3) is 5.56 Å². The van der Waals surface area contributed by atoms with Crippen LogP contribution in [0.25, 0.3) is 22.2 Å². The molecule has 10 heteroatoms. The molecule has 0 aliphatic heterocycles. The molecule has 0 saturated carbocycles. The summed E-state index contributed by atoms with van der Waals surface area (Å²) in [5, 5.41) is 11.6. The van der Waals surface area contributed by atoms with Gasteiger partial charge in [-0.05, 0) is 31.2 Å². The number of nitrogens with one attached hydrogen (secondary N) is 1. The predicted octanol–water partition coefficient (Wildman–Crippen LogP) is 3.02. The molecule has 2 heterocycles. The highest BCUT2D eigenvalue weighted by atomic mass is 16.5. The monoisotopic (exact) mass is 450 g/mol. The van der Waals surface area contributed by atoms with E-state index in [1.54, 1.807) is 44.4 Å². The van der Waals surface area contributed by atoms with Gasteiger partial charge >= 0.3 is 0 Å². The first-order chi connectivity index (χ1) is 15.9. The molecule has 4 rings (SSSR count). The van der Waals surface area contributed by atoms with Crippen molar-refractivity contribution in [2.45, 2.75) is 13.5 Å². The summed E-state index contributed by atoms with van der Waals surface area (Å²) in [4.78, 5) is 25.8. The molecule has 0 atom stereocenters. The largest absolute Gasteiger partial charge is 0.497 e. The molecule has 10 nitrogen and oxygen atoms in total. The van der Waals surface area contributed by atoms with E-state index in [4.69, 9.17) is 18.7 Å². The molecule has 33 heavy (non-hydrogen) atoms. The molecule has 4 aromatic rings. The summed E-state index contributed by atoms with van der Waals surface area (Å²) >= 11 is 0. The Bertz CT molecular complexity index is 1390. The number of amides is 1. The molecule has 0 bridgehead atoms. The zero-order valence-corrected chi connectivity index (χ0v) is 18.5. The summed E-state index contributed by atoms with van der Waals surface area (Å²) in [5.41, 5.74) is 1.14. The Balaban J connectivity index is 1.72. The number of carbonyl (C=O) groups is 1. The molecular formula is C23H22N4O6. The third kappa shape index (κ3) is 4.22.